The van der Waals surface area contributed by atoms with Gasteiger partial charge in [0.05, 0.1) is 6.54 Å². The van der Waals surface area contributed by atoms with Gasteiger partial charge in [-0.25, -0.2) is 0 Å². The Morgan fingerprint density at radius 1 is 1.28 bits per heavy atom. The Labute approximate surface area is 107 Å². The van der Waals surface area contributed by atoms with Crippen LogP contribution in [-0.2, 0) is 9.59 Å². The van der Waals surface area contributed by atoms with Crippen LogP contribution in [0, 0.1) is 5.92 Å². The van der Waals surface area contributed by atoms with Crippen LogP contribution in [0.1, 0.15) is 25.7 Å². The number of nitrogens with one attached hydrogen (secondary N) is 1. The number of carbonyl (C=O) groups is 2. The number of carbonyl (C=O) groups excluding carboxylic acids is 1. The summed E-state index contributed by atoms with van der Waals surface area (Å²) < 4.78 is 0. The minimum absolute atomic E-state index is 0.104. The molecule has 6 heteroatoms. The summed E-state index contributed by atoms with van der Waals surface area (Å²) in [4.78, 5) is 23.8. The Balaban J connectivity index is 1.89. The molecule has 0 spiro atoms. The number of rotatable bonds is 6. The molecule has 4 N–H and O–H groups in total. The third-order valence-electron chi connectivity index (χ3n) is 3.50. The van der Waals surface area contributed by atoms with Gasteiger partial charge in [0.25, 0.3) is 0 Å². The van der Waals surface area contributed by atoms with E-state index in [1.54, 1.807) is 0 Å². The second kappa shape index (κ2) is 5.67. The van der Waals surface area contributed by atoms with Crippen molar-refractivity contribution in [2.24, 2.45) is 11.7 Å². The number of carboxylic acid groups (broad SMARTS) is 1. The van der Waals surface area contributed by atoms with Crippen LogP contribution in [-0.4, -0.2) is 53.6 Å². The molecule has 6 nitrogen and oxygen atoms in total. The predicted octanol–water partition coefficient (Wildman–Crippen LogP) is -0.611. The van der Waals surface area contributed by atoms with Gasteiger partial charge in [0.15, 0.2) is 0 Å². The summed E-state index contributed by atoms with van der Waals surface area (Å²) >= 11 is 0. The van der Waals surface area contributed by atoms with E-state index in [0.717, 1.165) is 13.0 Å². The standard InChI is InChI=1S/C12H21N3O3/c13-11(16)7-15-5-8(4-12(17)18)3-10(6-15)14-9-1-2-9/h8-10,14H,1-7H2,(H2,13,16)(H,17,18). The predicted molar refractivity (Wildman–Crippen MR) is 65.9 cm³/mol. The Kier molecular flexibility index (Phi) is 4.19. The maximum atomic E-state index is 11.0. The first-order valence-electron chi connectivity index (χ1n) is 6.51. The van der Waals surface area contributed by atoms with Gasteiger partial charge in [-0.1, -0.05) is 0 Å². The van der Waals surface area contributed by atoms with E-state index < -0.39 is 5.97 Å². The fourth-order valence-corrected chi connectivity index (χ4v) is 2.75. The SMILES string of the molecule is NC(=O)CN1CC(CC(=O)O)CC(NC2CC2)C1. The molecule has 0 radical (unpaired) electrons. The fourth-order valence-electron chi connectivity index (χ4n) is 2.75. The molecular weight excluding hydrogens is 234 g/mol. The zero-order valence-electron chi connectivity index (χ0n) is 10.5. The summed E-state index contributed by atoms with van der Waals surface area (Å²) in [5.41, 5.74) is 5.21. The lowest BCUT2D eigenvalue weighted by atomic mass is 9.91. The average molecular weight is 255 g/mol. The van der Waals surface area contributed by atoms with Crippen molar-refractivity contribution in [1.29, 1.82) is 0 Å². The maximum absolute atomic E-state index is 11.0. The van der Waals surface area contributed by atoms with Crippen molar-refractivity contribution >= 4 is 11.9 Å². The molecular formula is C12H21N3O3. The van der Waals surface area contributed by atoms with E-state index in [1.165, 1.54) is 12.8 Å². The molecule has 1 saturated carbocycles. The quantitative estimate of drug-likeness (QED) is 0.588. The summed E-state index contributed by atoms with van der Waals surface area (Å²) in [5, 5.41) is 12.4. The van der Waals surface area contributed by atoms with Crippen LogP contribution >= 0.6 is 0 Å². The summed E-state index contributed by atoms with van der Waals surface area (Å²) in [5.74, 6) is -1.02. The molecule has 1 heterocycles. The molecule has 1 aliphatic carbocycles. The normalized spacial score (nSPS) is 29.1. The minimum Gasteiger partial charge on any atom is -0.481 e. The van der Waals surface area contributed by atoms with Crippen molar-refractivity contribution in [3.05, 3.63) is 0 Å². The summed E-state index contributed by atoms with van der Waals surface area (Å²) in [6.45, 7) is 1.66. The zero-order valence-corrected chi connectivity index (χ0v) is 10.5. The van der Waals surface area contributed by atoms with E-state index in [4.69, 9.17) is 10.8 Å². The zero-order chi connectivity index (χ0) is 13.1. The van der Waals surface area contributed by atoms with Crippen molar-refractivity contribution in [3.63, 3.8) is 0 Å². The number of hydrogen-bond donors (Lipinski definition) is 3. The van der Waals surface area contributed by atoms with Crippen molar-refractivity contribution < 1.29 is 14.7 Å². The van der Waals surface area contributed by atoms with Gasteiger partial charge in [0, 0.05) is 31.6 Å². The molecule has 2 rings (SSSR count). The molecule has 0 bridgehead atoms. The van der Waals surface area contributed by atoms with E-state index in [-0.39, 0.29) is 30.8 Å². The number of likely N-dealkylation sites (tertiary alicyclic amines) is 1. The smallest absolute Gasteiger partial charge is 0.303 e. The van der Waals surface area contributed by atoms with Crippen molar-refractivity contribution in [3.8, 4) is 0 Å². The van der Waals surface area contributed by atoms with Crippen molar-refractivity contribution in [1.82, 2.24) is 10.2 Å². The Bertz CT molecular complexity index is 307. The topological polar surface area (TPSA) is 95.7 Å². The second-order valence-corrected chi connectivity index (χ2v) is 5.50. The highest BCUT2D eigenvalue weighted by Crippen LogP contribution is 2.25. The number of nitrogens with two attached hydrogens (primary N) is 1. The minimum atomic E-state index is -0.772. The molecule has 1 saturated heterocycles. The fraction of sp³-hybridized carbons (Fsp3) is 0.833. The molecule has 18 heavy (non-hydrogen) atoms. The van der Waals surface area contributed by atoms with Crippen molar-refractivity contribution in [2.45, 2.75) is 37.8 Å². The highest BCUT2D eigenvalue weighted by atomic mass is 16.4. The third-order valence-corrected chi connectivity index (χ3v) is 3.50. The lowest BCUT2D eigenvalue weighted by Crippen LogP contribution is -2.52. The summed E-state index contributed by atoms with van der Waals surface area (Å²) in [6, 6.07) is 0.879. The Hall–Kier alpha value is -1.14. The summed E-state index contributed by atoms with van der Waals surface area (Å²) in [6.07, 6.45) is 3.45. The highest BCUT2D eigenvalue weighted by molar-refractivity contribution is 5.76. The Morgan fingerprint density at radius 3 is 2.56 bits per heavy atom. The van der Waals surface area contributed by atoms with Crippen LogP contribution < -0.4 is 11.1 Å². The lowest BCUT2D eigenvalue weighted by Gasteiger charge is -2.37. The van der Waals surface area contributed by atoms with Crippen LogP contribution in [0.15, 0.2) is 0 Å². The number of hydrogen-bond acceptors (Lipinski definition) is 4. The molecule has 0 aromatic carbocycles. The molecule has 0 aromatic rings. The number of carboxylic acids is 1. The highest BCUT2D eigenvalue weighted by Gasteiger charge is 2.32. The van der Waals surface area contributed by atoms with Gasteiger partial charge in [0.1, 0.15) is 0 Å². The number of nitrogens with zero attached hydrogens (tertiary/aromatic N) is 1. The van der Waals surface area contributed by atoms with E-state index in [1.807, 2.05) is 4.90 Å². The molecule has 1 aliphatic heterocycles. The second-order valence-electron chi connectivity index (χ2n) is 5.50. The van der Waals surface area contributed by atoms with Gasteiger partial charge in [0.2, 0.25) is 5.91 Å². The third kappa shape index (κ3) is 4.27. The van der Waals surface area contributed by atoms with Crippen molar-refractivity contribution in [2.75, 3.05) is 19.6 Å². The average Bonchev–Trinajstić information content (AvgIpc) is 2.98. The molecule has 2 unspecified atom stereocenters. The molecule has 2 fully saturated rings. The maximum Gasteiger partial charge on any atom is 0.303 e. The first-order valence-corrected chi connectivity index (χ1v) is 6.51. The Morgan fingerprint density at radius 2 is 2.00 bits per heavy atom. The lowest BCUT2D eigenvalue weighted by molar-refractivity contribution is -0.138. The monoisotopic (exact) mass is 255 g/mol. The first-order chi connectivity index (χ1) is 8.52. The largest absolute Gasteiger partial charge is 0.481 e. The molecule has 2 atom stereocenters. The van der Waals surface area contributed by atoms with Crippen LogP contribution in [0.3, 0.4) is 0 Å². The molecule has 2 aliphatic rings. The molecule has 0 aromatic heterocycles. The van der Waals surface area contributed by atoms with E-state index >= 15 is 0 Å². The van der Waals surface area contributed by atoms with E-state index in [9.17, 15) is 9.59 Å². The van der Waals surface area contributed by atoms with Crippen LogP contribution in [0.2, 0.25) is 0 Å². The van der Waals surface area contributed by atoms with Crippen LogP contribution in [0.4, 0.5) is 0 Å². The van der Waals surface area contributed by atoms with Gasteiger partial charge < -0.3 is 16.2 Å². The van der Waals surface area contributed by atoms with E-state index in [0.29, 0.717) is 12.6 Å². The van der Waals surface area contributed by atoms with E-state index in [2.05, 4.69) is 5.32 Å². The number of piperidine rings is 1. The molecule has 102 valence electrons. The number of aliphatic carboxylic acids is 1. The first kappa shape index (κ1) is 13.3. The summed E-state index contributed by atoms with van der Waals surface area (Å²) in [7, 11) is 0. The van der Waals surface area contributed by atoms with Gasteiger partial charge in [-0.2, -0.15) is 0 Å². The number of primary amides is 1. The number of amides is 1. The van der Waals surface area contributed by atoms with Gasteiger partial charge in [-0.3, -0.25) is 14.5 Å². The van der Waals surface area contributed by atoms with Gasteiger partial charge in [-0.05, 0) is 25.2 Å². The molecule has 1 amide bonds. The van der Waals surface area contributed by atoms with Gasteiger partial charge in [-0.15, -0.1) is 0 Å². The van der Waals surface area contributed by atoms with Crippen LogP contribution in [0.5, 0.6) is 0 Å². The van der Waals surface area contributed by atoms with Crippen LogP contribution in [0.25, 0.3) is 0 Å². The van der Waals surface area contributed by atoms with Gasteiger partial charge >= 0.3 is 5.97 Å².